The highest BCUT2D eigenvalue weighted by Gasteiger charge is 2.34. The van der Waals surface area contributed by atoms with E-state index in [0.29, 0.717) is 17.9 Å². The molecule has 1 amide bonds. The van der Waals surface area contributed by atoms with Crippen molar-refractivity contribution in [3.05, 3.63) is 0 Å². The van der Waals surface area contributed by atoms with Gasteiger partial charge in [0.1, 0.15) is 0 Å². The van der Waals surface area contributed by atoms with Gasteiger partial charge in [0.25, 0.3) is 0 Å². The molecule has 4 heteroatoms. The molecule has 0 bridgehead atoms. The van der Waals surface area contributed by atoms with Crippen molar-refractivity contribution in [1.82, 2.24) is 10.2 Å². The van der Waals surface area contributed by atoms with Gasteiger partial charge >= 0.3 is 0 Å². The van der Waals surface area contributed by atoms with Crippen LogP contribution in [0, 0.1) is 17.8 Å². The van der Waals surface area contributed by atoms with E-state index < -0.39 is 0 Å². The summed E-state index contributed by atoms with van der Waals surface area (Å²) in [4.78, 5) is 15.9. The molecular weight excluding hydrogens is 556 g/mol. The first-order valence-corrected chi connectivity index (χ1v) is 18.1. The van der Waals surface area contributed by atoms with Gasteiger partial charge in [0.15, 0.2) is 0 Å². The van der Waals surface area contributed by atoms with Crippen molar-refractivity contribution in [2.24, 2.45) is 17.8 Å². The molecule has 2 aliphatic rings. The molecule has 0 aromatic carbocycles. The number of hydrogen-bond acceptors (Lipinski definition) is 2. The van der Waals surface area contributed by atoms with E-state index in [4.69, 9.17) is 0 Å². The Morgan fingerprint density at radius 3 is 1.70 bits per heavy atom. The van der Waals surface area contributed by atoms with Crippen LogP contribution in [-0.4, -0.2) is 37.5 Å². The van der Waals surface area contributed by atoms with Gasteiger partial charge in [0.05, 0.1) is 0 Å². The molecule has 2 rings (SSSR count). The molecule has 0 saturated heterocycles. The van der Waals surface area contributed by atoms with Crippen molar-refractivity contribution in [2.75, 3.05) is 20.6 Å². The van der Waals surface area contributed by atoms with Crippen LogP contribution in [0.1, 0.15) is 180 Å². The van der Waals surface area contributed by atoms with Gasteiger partial charge in [-0.25, -0.2) is 0 Å². The van der Waals surface area contributed by atoms with Crippen molar-refractivity contribution in [3.63, 3.8) is 0 Å². The highest BCUT2D eigenvalue weighted by molar-refractivity contribution is 8.93. The predicted molar refractivity (Wildman–Crippen MR) is 182 cm³/mol. The summed E-state index contributed by atoms with van der Waals surface area (Å²) in [6.07, 6.45) is 36.7. The molecule has 3 nitrogen and oxygen atoms in total. The van der Waals surface area contributed by atoms with E-state index in [9.17, 15) is 4.79 Å². The summed E-state index contributed by atoms with van der Waals surface area (Å²) in [5, 5.41) is 3.45. The van der Waals surface area contributed by atoms with Gasteiger partial charge < -0.3 is 10.2 Å². The van der Waals surface area contributed by atoms with Crippen molar-refractivity contribution >= 4 is 22.9 Å². The Balaban J connectivity index is 0.00000800. The predicted octanol–water partition coefficient (Wildman–Crippen LogP) is 11.0. The minimum absolute atomic E-state index is 0. The van der Waals surface area contributed by atoms with Crippen molar-refractivity contribution in [2.45, 2.75) is 186 Å². The van der Waals surface area contributed by atoms with Gasteiger partial charge in [-0.3, -0.25) is 4.79 Å². The number of hydrogen-bond donors (Lipinski definition) is 1. The number of unbranched alkanes of at least 4 members (excludes halogenated alkanes) is 10. The van der Waals surface area contributed by atoms with Gasteiger partial charge in [0, 0.05) is 18.5 Å². The van der Waals surface area contributed by atoms with Gasteiger partial charge in [-0.1, -0.05) is 148 Å². The van der Waals surface area contributed by atoms with Crippen LogP contribution < -0.4 is 5.32 Å². The van der Waals surface area contributed by atoms with Crippen LogP contribution in [0.15, 0.2) is 0 Å². The van der Waals surface area contributed by atoms with E-state index in [1.807, 2.05) is 0 Å². The quantitative estimate of drug-likeness (QED) is 0.145. The Morgan fingerprint density at radius 2 is 1.12 bits per heavy atom. The summed E-state index contributed by atoms with van der Waals surface area (Å²) in [6.45, 7) is 3.17. The number of nitrogens with zero attached hydrogens (tertiary/aromatic N) is 1. The smallest absolute Gasteiger partial charge is 0.223 e. The normalized spacial score (nSPS) is 22.0. The third kappa shape index (κ3) is 17.1. The van der Waals surface area contributed by atoms with Gasteiger partial charge in [-0.05, 0) is 58.0 Å². The molecule has 0 aromatic rings. The first-order valence-electron chi connectivity index (χ1n) is 18.1. The van der Waals surface area contributed by atoms with E-state index in [2.05, 4.69) is 31.2 Å². The van der Waals surface area contributed by atoms with E-state index in [1.165, 1.54) is 161 Å². The summed E-state index contributed by atoms with van der Waals surface area (Å²) in [7, 11) is 4.49. The minimum atomic E-state index is 0. The largest absolute Gasteiger partial charge is 0.356 e. The lowest BCUT2D eigenvalue weighted by Gasteiger charge is -2.36. The Bertz CT molecular complexity index is 575. The Labute approximate surface area is 261 Å². The molecule has 0 heterocycles. The van der Waals surface area contributed by atoms with Crippen LogP contribution in [0.25, 0.3) is 0 Å². The summed E-state index contributed by atoms with van der Waals surface area (Å²) < 4.78 is 0. The number of nitrogens with one attached hydrogen (secondary N) is 1. The zero-order chi connectivity index (χ0) is 28.0. The van der Waals surface area contributed by atoms with Crippen LogP contribution in [0.2, 0.25) is 0 Å². The molecule has 0 spiro atoms. The monoisotopic (exact) mass is 626 g/mol. The first-order chi connectivity index (χ1) is 19.1. The molecule has 238 valence electrons. The topological polar surface area (TPSA) is 32.3 Å². The second kappa shape index (κ2) is 25.4. The maximum Gasteiger partial charge on any atom is 0.223 e. The number of rotatable bonds is 19. The highest BCUT2D eigenvalue weighted by atomic mass is 79.9. The minimum Gasteiger partial charge on any atom is -0.356 e. The Kier molecular flexibility index (Phi) is 24.1. The van der Waals surface area contributed by atoms with Gasteiger partial charge in [-0.15, -0.1) is 17.0 Å². The molecule has 2 aliphatic carbocycles. The fraction of sp³-hybridized carbons (Fsp3) is 0.972. The molecule has 0 aromatic heterocycles. The highest BCUT2D eigenvalue weighted by Crippen LogP contribution is 2.39. The molecular formula is C36H71BrN2O. The maximum atomic E-state index is 13.5. The standard InChI is InChI=1S/C36H70N2O.BrH/c1-4-5-6-7-8-9-10-11-12-16-21-27-33(38(2)3)28-24-31-37-36(39)35-30-23-18-17-22-29-34(35)32-25-19-14-13-15-20-26-32;/h32-35H,4-31H2,1-3H3,(H,37,39);1H/t33?,34-,35-;/m0./s1. The second-order valence-corrected chi connectivity index (χ2v) is 13.7. The molecule has 1 N–H and O–H groups in total. The van der Waals surface area contributed by atoms with Gasteiger partial charge in [0.2, 0.25) is 5.91 Å². The molecule has 0 aliphatic heterocycles. The second-order valence-electron chi connectivity index (χ2n) is 13.7. The lowest BCUT2D eigenvalue weighted by atomic mass is 9.70. The Hall–Kier alpha value is -0.0900. The molecule has 1 unspecified atom stereocenters. The van der Waals surface area contributed by atoms with E-state index in [0.717, 1.165) is 25.3 Å². The fourth-order valence-corrected chi connectivity index (χ4v) is 7.70. The van der Waals surface area contributed by atoms with E-state index in [1.54, 1.807) is 0 Å². The number of carbonyl (C=O) groups is 1. The number of amides is 1. The van der Waals surface area contributed by atoms with Crippen LogP contribution in [0.3, 0.4) is 0 Å². The van der Waals surface area contributed by atoms with E-state index >= 15 is 0 Å². The molecule has 3 atom stereocenters. The van der Waals surface area contributed by atoms with Crippen LogP contribution in [-0.2, 0) is 4.79 Å². The summed E-state index contributed by atoms with van der Waals surface area (Å²) in [5.74, 6) is 2.11. The summed E-state index contributed by atoms with van der Waals surface area (Å²) in [5.41, 5.74) is 0. The van der Waals surface area contributed by atoms with Crippen LogP contribution in [0.5, 0.6) is 0 Å². The summed E-state index contributed by atoms with van der Waals surface area (Å²) >= 11 is 0. The summed E-state index contributed by atoms with van der Waals surface area (Å²) in [6, 6.07) is 0.657. The van der Waals surface area contributed by atoms with Crippen molar-refractivity contribution in [3.8, 4) is 0 Å². The number of carbonyl (C=O) groups excluding carboxylic acids is 1. The molecule has 2 saturated carbocycles. The third-order valence-electron chi connectivity index (χ3n) is 10.3. The average molecular weight is 628 g/mol. The molecule has 2 fully saturated rings. The molecule has 0 radical (unpaired) electrons. The van der Waals surface area contributed by atoms with Crippen molar-refractivity contribution in [1.29, 1.82) is 0 Å². The van der Waals surface area contributed by atoms with E-state index in [-0.39, 0.29) is 22.9 Å². The Morgan fingerprint density at radius 1 is 0.650 bits per heavy atom. The van der Waals surface area contributed by atoms with Gasteiger partial charge in [-0.2, -0.15) is 0 Å². The zero-order valence-corrected chi connectivity index (χ0v) is 29.1. The van der Waals surface area contributed by atoms with Crippen LogP contribution in [0.4, 0.5) is 0 Å². The third-order valence-corrected chi connectivity index (χ3v) is 10.3. The lowest BCUT2D eigenvalue weighted by Crippen LogP contribution is -2.39. The average Bonchev–Trinajstić information content (AvgIpc) is 2.88. The zero-order valence-electron chi connectivity index (χ0n) is 27.4. The SMILES string of the molecule is Br.CCCCCCCCCCCCCC(CCCNC(=O)[C@H]1CCCCCC[C@H]1C1CCCCCCC1)N(C)C. The number of halogens is 1. The van der Waals surface area contributed by atoms with Crippen LogP contribution >= 0.6 is 17.0 Å². The fourth-order valence-electron chi connectivity index (χ4n) is 7.70. The molecule has 40 heavy (non-hydrogen) atoms. The van der Waals surface area contributed by atoms with Crippen molar-refractivity contribution < 1.29 is 4.79 Å². The lowest BCUT2D eigenvalue weighted by molar-refractivity contribution is -0.128. The first kappa shape index (κ1) is 37.9. The maximum absolute atomic E-state index is 13.5.